The molecule has 8 nitrogen and oxygen atoms in total. The third-order valence-corrected chi connectivity index (χ3v) is 8.10. The van der Waals surface area contributed by atoms with Crippen molar-refractivity contribution in [2.45, 2.75) is 63.9 Å². The zero-order valence-electron chi connectivity index (χ0n) is 18.3. The zero-order chi connectivity index (χ0) is 20.9. The number of nitrogens with zero attached hydrogens (tertiary/aromatic N) is 5. The maximum atomic E-state index is 5.97. The zero-order valence-corrected chi connectivity index (χ0v) is 19.3. The van der Waals surface area contributed by atoms with E-state index in [1.165, 1.54) is 0 Å². The predicted molar refractivity (Wildman–Crippen MR) is 116 cm³/mol. The van der Waals surface area contributed by atoms with E-state index in [1.807, 2.05) is 6.20 Å². The van der Waals surface area contributed by atoms with Gasteiger partial charge in [-0.3, -0.25) is 4.40 Å². The van der Waals surface area contributed by atoms with Gasteiger partial charge in [0, 0.05) is 39.6 Å². The van der Waals surface area contributed by atoms with Crippen LogP contribution in [0.15, 0.2) is 18.5 Å². The van der Waals surface area contributed by atoms with Gasteiger partial charge in [0.25, 0.3) is 0 Å². The van der Waals surface area contributed by atoms with E-state index in [4.69, 9.17) is 14.2 Å². The first-order valence-corrected chi connectivity index (χ1v) is 14.6. The molecule has 9 heteroatoms. The number of rotatable bonds is 6. The summed E-state index contributed by atoms with van der Waals surface area (Å²) in [6, 6.07) is 3.24. The molecular weight excluding hydrogens is 398 g/mol. The summed E-state index contributed by atoms with van der Waals surface area (Å²) in [4.78, 5) is 4.65. The highest BCUT2D eigenvalue weighted by molar-refractivity contribution is 6.76. The molecule has 2 atom stereocenters. The van der Waals surface area contributed by atoms with E-state index in [-0.39, 0.29) is 5.92 Å². The summed E-state index contributed by atoms with van der Waals surface area (Å²) in [7, 11) is -1.09. The van der Waals surface area contributed by atoms with Crippen LogP contribution in [0.3, 0.4) is 0 Å². The van der Waals surface area contributed by atoms with Crippen LogP contribution in [0, 0.1) is 5.92 Å². The van der Waals surface area contributed by atoms with Crippen molar-refractivity contribution in [3.8, 4) is 0 Å². The van der Waals surface area contributed by atoms with Gasteiger partial charge in [0.1, 0.15) is 12.6 Å². The maximum Gasteiger partial charge on any atom is 0.179 e. The average Bonchev–Trinajstić information content (AvgIpc) is 3.44. The highest BCUT2D eigenvalue weighted by Crippen LogP contribution is 2.48. The lowest BCUT2D eigenvalue weighted by molar-refractivity contribution is -0.152. The molecule has 5 rings (SSSR count). The quantitative estimate of drug-likeness (QED) is 0.440. The Balaban J connectivity index is 1.43. The molecule has 0 aromatic carbocycles. The molecule has 3 aromatic heterocycles. The molecule has 4 heterocycles. The fourth-order valence-corrected chi connectivity index (χ4v) is 5.50. The van der Waals surface area contributed by atoms with Crippen molar-refractivity contribution in [1.82, 2.24) is 24.1 Å². The second-order valence-electron chi connectivity index (χ2n) is 9.95. The van der Waals surface area contributed by atoms with Crippen molar-refractivity contribution in [2.75, 3.05) is 19.8 Å². The van der Waals surface area contributed by atoms with Crippen LogP contribution < -0.4 is 0 Å². The Morgan fingerprint density at radius 2 is 2.00 bits per heavy atom. The third-order valence-electron chi connectivity index (χ3n) is 6.39. The minimum atomic E-state index is -1.09. The summed E-state index contributed by atoms with van der Waals surface area (Å²) in [6.45, 7) is 12.0. The lowest BCUT2D eigenvalue weighted by Crippen LogP contribution is -2.26. The predicted octanol–water partition coefficient (Wildman–Crippen LogP) is 3.65. The normalized spacial score (nSPS) is 24.0. The molecule has 0 N–H and O–H groups in total. The van der Waals surface area contributed by atoms with Gasteiger partial charge in [0.05, 0.1) is 24.9 Å². The first-order valence-electron chi connectivity index (χ1n) is 10.9. The topological polar surface area (TPSA) is 75.7 Å². The van der Waals surface area contributed by atoms with Gasteiger partial charge in [-0.2, -0.15) is 0 Å². The molecular formula is C21H31N5O3Si. The number of hydrogen-bond acceptors (Lipinski definition) is 6. The van der Waals surface area contributed by atoms with Gasteiger partial charge in [-0.1, -0.05) is 26.6 Å². The Morgan fingerprint density at radius 1 is 1.20 bits per heavy atom. The molecule has 1 saturated carbocycles. The molecule has 1 aliphatic carbocycles. The largest absolute Gasteiger partial charge is 0.361 e. The van der Waals surface area contributed by atoms with Crippen LogP contribution >= 0.6 is 0 Å². The van der Waals surface area contributed by atoms with Gasteiger partial charge in [0.2, 0.25) is 0 Å². The Labute approximate surface area is 177 Å². The van der Waals surface area contributed by atoms with Gasteiger partial charge in [0.15, 0.2) is 17.1 Å². The van der Waals surface area contributed by atoms with E-state index in [0.29, 0.717) is 25.9 Å². The van der Waals surface area contributed by atoms with Gasteiger partial charge >= 0.3 is 0 Å². The van der Waals surface area contributed by atoms with E-state index in [9.17, 15) is 0 Å². The monoisotopic (exact) mass is 429 g/mol. The van der Waals surface area contributed by atoms with Crippen molar-refractivity contribution in [3.05, 3.63) is 24.3 Å². The Kier molecular flexibility index (Phi) is 4.96. The van der Waals surface area contributed by atoms with Crippen LogP contribution in [0.2, 0.25) is 25.7 Å². The number of ether oxygens (including phenoxy) is 3. The molecule has 1 aliphatic heterocycles. The summed E-state index contributed by atoms with van der Waals surface area (Å²) in [5.74, 6) is 1.17. The molecule has 2 fully saturated rings. The van der Waals surface area contributed by atoms with Crippen molar-refractivity contribution < 1.29 is 14.2 Å². The number of fused-ring (bicyclic) bond motifs is 3. The summed E-state index contributed by atoms with van der Waals surface area (Å²) in [5.41, 5.74) is 2.68. The fraction of sp³-hybridized carbons (Fsp3) is 0.667. The highest BCUT2D eigenvalue weighted by atomic mass is 28.3. The maximum absolute atomic E-state index is 5.97. The Bertz CT molecular complexity index is 1050. The van der Waals surface area contributed by atoms with Crippen LogP contribution in [-0.2, 0) is 20.9 Å². The molecule has 0 bridgehead atoms. The van der Waals surface area contributed by atoms with E-state index in [1.54, 1.807) is 6.20 Å². The molecule has 0 radical (unpaired) electrons. The molecule has 30 heavy (non-hydrogen) atoms. The lowest BCUT2D eigenvalue weighted by Gasteiger charge is -2.21. The SMILES string of the molecule is CC1CC2(CC1c1nnc3cnc4c(ccn4COCC[Si](C)(C)C)n13)OCCO2. The van der Waals surface area contributed by atoms with Crippen molar-refractivity contribution in [2.24, 2.45) is 5.92 Å². The lowest BCUT2D eigenvalue weighted by atomic mass is 9.97. The molecule has 0 amide bonds. The molecule has 162 valence electrons. The molecule has 1 saturated heterocycles. The first-order chi connectivity index (χ1) is 14.4. The minimum Gasteiger partial charge on any atom is -0.361 e. The summed E-state index contributed by atoms with van der Waals surface area (Å²) < 4.78 is 22.1. The van der Waals surface area contributed by atoms with Crippen molar-refractivity contribution >= 4 is 24.9 Å². The van der Waals surface area contributed by atoms with E-state index in [0.717, 1.165) is 48.1 Å². The van der Waals surface area contributed by atoms with Crippen LogP contribution in [-0.4, -0.2) is 57.8 Å². The Morgan fingerprint density at radius 3 is 2.77 bits per heavy atom. The van der Waals surface area contributed by atoms with Crippen molar-refractivity contribution in [3.63, 3.8) is 0 Å². The number of hydrogen-bond donors (Lipinski definition) is 0. The average molecular weight is 430 g/mol. The Hall–Kier alpha value is -1.81. The van der Waals surface area contributed by atoms with Crippen LogP contribution in [0.1, 0.15) is 31.5 Å². The summed E-state index contributed by atoms with van der Waals surface area (Å²) >= 11 is 0. The van der Waals surface area contributed by atoms with Crippen LogP contribution in [0.4, 0.5) is 0 Å². The fourth-order valence-electron chi connectivity index (χ4n) is 4.74. The van der Waals surface area contributed by atoms with Gasteiger partial charge in [-0.15, -0.1) is 10.2 Å². The molecule has 1 spiro atoms. The molecule has 3 aromatic rings. The summed E-state index contributed by atoms with van der Waals surface area (Å²) in [6.07, 6.45) is 5.56. The minimum absolute atomic E-state index is 0.236. The third kappa shape index (κ3) is 3.57. The number of aromatic nitrogens is 5. The highest BCUT2D eigenvalue weighted by Gasteiger charge is 2.49. The van der Waals surface area contributed by atoms with Crippen LogP contribution in [0.25, 0.3) is 16.8 Å². The standard InChI is InChI=1S/C21H31N5O3Si/c1-15-11-21(28-7-8-29-21)12-16(15)19-24-23-18-13-22-20-17(26(18)19)5-6-25(20)14-27-9-10-30(2,3)4/h5-6,13,15-16H,7-12,14H2,1-4H3. The van der Waals surface area contributed by atoms with Gasteiger partial charge < -0.3 is 18.8 Å². The van der Waals surface area contributed by atoms with E-state index >= 15 is 0 Å². The first kappa shape index (κ1) is 20.1. The summed E-state index contributed by atoms with van der Waals surface area (Å²) in [5, 5.41) is 8.98. The van der Waals surface area contributed by atoms with Gasteiger partial charge in [-0.05, 0) is 18.0 Å². The van der Waals surface area contributed by atoms with E-state index < -0.39 is 13.9 Å². The second-order valence-corrected chi connectivity index (χ2v) is 15.6. The van der Waals surface area contributed by atoms with Crippen LogP contribution in [0.5, 0.6) is 0 Å². The van der Waals surface area contributed by atoms with Crippen molar-refractivity contribution in [1.29, 1.82) is 0 Å². The molecule has 2 aliphatic rings. The van der Waals surface area contributed by atoms with E-state index in [2.05, 4.69) is 56.8 Å². The molecule has 2 unspecified atom stereocenters. The van der Waals surface area contributed by atoms with Gasteiger partial charge in [-0.25, -0.2) is 4.98 Å². The second kappa shape index (κ2) is 7.40. The smallest absolute Gasteiger partial charge is 0.179 e.